The molecule has 0 amide bonds. The van der Waals surface area contributed by atoms with Crippen molar-refractivity contribution in [3.8, 4) is 0 Å². The first-order valence-corrected chi connectivity index (χ1v) is 15.5. The molecular formula is C34H48O7. The number of hydrogen-bond acceptors (Lipinski definition) is 7. The van der Waals surface area contributed by atoms with Gasteiger partial charge in [0.25, 0.3) is 0 Å². The van der Waals surface area contributed by atoms with Gasteiger partial charge in [0, 0.05) is 31.6 Å². The lowest BCUT2D eigenvalue weighted by Gasteiger charge is -2.61. The summed E-state index contributed by atoms with van der Waals surface area (Å²) in [4.78, 5) is 49.7. The van der Waals surface area contributed by atoms with E-state index in [1.807, 2.05) is 13.0 Å². The smallest absolute Gasteiger partial charge is 0.302 e. The van der Waals surface area contributed by atoms with Gasteiger partial charge in [-0.15, -0.1) is 0 Å². The fourth-order valence-electron chi connectivity index (χ4n) is 10.9. The first kappa shape index (κ1) is 30.2. The van der Waals surface area contributed by atoms with E-state index in [0.717, 1.165) is 32.1 Å². The third-order valence-corrected chi connectivity index (χ3v) is 13.1. The minimum absolute atomic E-state index is 0.0292. The van der Waals surface area contributed by atoms with E-state index in [2.05, 4.69) is 33.4 Å². The Morgan fingerprint density at radius 1 is 1.10 bits per heavy atom. The largest absolute Gasteiger partial charge is 0.465 e. The van der Waals surface area contributed by atoms with Gasteiger partial charge in [0.15, 0.2) is 11.6 Å². The number of carbonyl (C=O) groups is 4. The molecule has 1 N–H and O–H groups in total. The predicted octanol–water partition coefficient (Wildman–Crippen LogP) is 5.24. The van der Waals surface area contributed by atoms with Crippen LogP contribution in [-0.4, -0.2) is 47.4 Å². The first-order valence-electron chi connectivity index (χ1n) is 15.5. The van der Waals surface area contributed by atoms with Crippen molar-refractivity contribution in [2.45, 2.75) is 99.2 Å². The molecule has 12 atom stereocenters. The molecule has 4 saturated carbocycles. The third kappa shape index (κ3) is 4.15. The van der Waals surface area contributed by atoms with Gasteiger partial charge in [0.05, 0.1) is 6.61 Å². The van der Waals surface area contributed by atoms with E-state index < -0.39 is 35.8 Å². The zero-order chi connectivity index (χ0) is 30.3. The second-order valence-corrected chi connectivity index (χ2v) is 14.7. The molecule has 4 fully saturated rings. The molecule has 5 rings (SSSR count). The summed E-state index contributed by atoms with van der Waals surface area (Å²) in [6, 6.07) is 0. The average molecular weight is 569 g/mol. The Kier molecular flexibility index (Phi) is 7.28. The molecular weight excluding hydrogens is 520 g/mol. The van der Waals surface area contributed by atoms with Gasteiger partial charge in [-0.2, -0.15) is 0 Å². The van der Waals surface area contributed by atoms with E-state index in [0.29, 0.717) is 18.3 Å². The minimum Gasteiger partial charge on any atom is -0.465 e. The van der Waals surface area contributed by atoms with Gasteiger partial charge >= 0.3 is 11.9 Å². The Morgan fingerprint density at radius 3 is 2.41 bits per heavy atom. The number of fused-ring (bicyclic) bond motifs is 2. The number of aliphatic hydroxyl groups excluding tert-OH is 1. The van der Waals surface area contributed by atoms with Gasteiger partial charge in [-0.3, -0.25) is 19.2 Å². The molecule has 5 aliphatic rings. The summed E-state index contributed by atoms with van der Waals surface area (Å²) in [5.74, 6) is -1.21. The van der Waals surface area contributed by atoms with Crippen molar-refractivity contribution in [2.75, 3.05) is 6.61 Å². The van der Waals surface area contributed by atoms with Crippen molar-refractivity contribution < 1.29 is 33.8 Å². The summed E-state index contributed by atoms with van der Waals surface area (Å²) in [5, 5.41) is 11.5. The molecule has 0 aromatic rings. The highest BCUT2D eigenvalue weighted by molar-refractivity contribution is 5.98. The first-order chi connectivity index (χ1) is 19.1. The number of esters is 2. The Balaban J connectivity index is 1.45. The normalized spacial score (nSPS) is 44.3. The van der Waals surface area contributed by atoms with Gasteiger partial charge in [-0.25, -0.2) is 0 Å². The summed E-state index contributed by atoms with van der Waals surface area (Å²) in [7, 11) is 0. The molecule has 41 heavy (non-hydrogen) atoms. The summed E-state index contributed by atoms with van der Waals surface area (Å²) in [6.45, 7) is 17.1. The Labute approximate surface area is 244 Å². The van der Waals surface area contributed by atoms with E-state index in [1.54, 1.807) is 6.92 Å². The van der Waals surface area contributed by atoms with Crippen molar-refractivity contribution in [1.82, 2.24) is 0 Å². The molecule has 0 aromatic carbocycles. The van der Waals surface area contributed by atoms with Crippen LogP contribution in [0.4, 0.5) is 0 Å². The lowest BCUT2D eigenvalue weighted by molar-refractivity contribution is -0.155. The van der Waals surface area contributed by atoms with E-state index in [-0.39, 0.29) is 57.4 Å². The Hall–Kier alpha value is -2.28. The quantitative estimate of drug-likeness (QED) is 0.315. The van der Waals surface area contributed by atoms with Crippen molar-refractivity contribution >= 4 is 23.5 Å². The predicted molar refractivity (Wildman–Crippen MR) is 153 cm³/mol. The maximum atomic E-state index is 13.5. The fourth-order valence-corrected chi connectivity index (χ4v) is 10.9. The number of aliphatic hydroxyl groups is 1. The van der Waals surface area contributed by atoms with E-state index in [1.165, 1.54) is 13.8 Å². The maximum Gasteiger partial charge on any atom is 0.302 e. The number of hydrogen-bond donors (Lipinski definition) is 1. The van der Waals surface area contributed by atoms with Crippen molar-refractivity contribution in [1.29, 1.82) is 0 Å². The molecule has 0 bridgehead atoms. The third-order valence-electron chi connectivity index (χ3n) is 13.1. The SMILES string of the molecule is C=C(C(=O)[C@H](O)[C@@H](C)[C@H]1[C@@H](OC(C)=O)C[C@@]2(C)C3CCC4[C@H](C)C(=O)C=C[C@@]45C[C@@]35CC[C@]12C)[C@@H](C)COC(C)=O. The summed E-state index contributed by atoms with van der Waals surface area (Å²) in [5.41, 5.74) is 0.0575. The van der Waals surface area contributed by atoms with Crippen molar-refractivity contribution in [2.24, 2.45) is 57.2 Å². The highest BCUT2D eigenvalue weighted by Gasteiger charge is 2.81. The molecule has 0 radical (unpaired) electrons. The number of rotatable bonds is 8. The zero-order valence-electron chi connectivity index (χ0n) is 25.8. The van der Waals surface area contributed by atoms with Crippen LogP contribution in [0.2, 0.25) is 0 Å². The number of ether oxygens (including phenoxy) is 2. The monoisotopic (exact) mass is 568 g/mol. The van der Waals surface area contributed by atoms with Crippen LogP contribution in [0.25, 0.3) is 0 Å². The van der Waals surface area contributed by atoms with Crippen LogP contribution >= 0.6 is 0 Å². The summed E-state index contributed by atoms with van der Waals surface area (Å²) in [6.07, 6.45) is 8.23. The van der Waals surface area contributed by atoms with Gasteiger partial charge < -0.3 is 14.6 Å². The number of carbonyl (C=O) groups excluding carboxylic acids is 4. The second kappa shape index (κ2) is 9.89. The Bertz CT molecular complexity index is 1200. The number of Topliss-reactive ketones (excluding diaryl/α,β-unsaturated/α-hetero) is 1. The van der Waals surface area contributed by atoms with Crippen LogP contribution < -0.4 is 0 Å². The van der Waals surface area contributed by atoms with Crippen LogP contribution in [0.3, 0.4) is 0 Å². The van der Waals surface area contributed by atoms with Crippen molar-refractivity contribution in [3.05, 3.63) is 24.3 Å². The second-order valence-electron chi connectivity index (χ2n) is 14.7. The average Bonchev–Trinajstić information content (AvgIpc) is 3.52. The molecule has 0 aliphatic heterocycles. The molecule has 7 heteroatoms. The molecule has 0 saturated heterocycles. The van der Waals surface area contributed by atoms with E-state index in [9.17, 15) is 24.3 Å². The lowest BCUT2D eigenvalue weighted by Crippen LogP contribution is -2.56. The lowest BCUT2D eigenvalue weighted by atomic mass is 9.43. The molecule has 226 valence electrons. The molecule has 0 heterocycles. The van der Waals surface area contributed by atoms with Gasteiger partial charge in [0.2, 0.25) is 0 Å². The molecule has 2 spiro atoms. The molecule has 0 aromatic heterocycles. The van der Waals surface area contributed by atoms with Crippen LogP contribution in [0.15, 0.2) is 24.3 Å². The molecule has 2 unspecified atom stereocenters. The van der Waals surface area contributed by atoms with Crippen LogP contribution in [0.5, 0.6) is 0 Å². The van der Waals surface area contributed by atoms with Gasteiger partial charge in [-0.1, -0.05) is 47.3 Å². The fraction of sp³-hybridized carbons (Fsp3) is 0.765. The van der Waals surface area contributed by atoms with Gasteiger partial charge in [0.1, 0.15) is 12.2 Å². The molecule has 7 nitrogen and oxygen atoms in total. The highest BCUT2D eigenvalue weighted by atomic mass is 16.5. The van der Waals surface area contributed by atoms with Crippen LogP contribution in [-0.2, 0) is 28.7 Å². The number of ketones is 2. The van der Waals surface area contributed by atoms with E-state index >= 15 is 0 Å². The van der Waals surface area contributed by atoms with Crippen molar-refractivity contribution in [3.63, 3.8) is 0 Å². The standard InChI is InChI=1S/C34H48O7/c1-18(16-40-22(5)35)19(2)29(38)30(39)21(4)28-26(41-23(6)36)15-32(8)27-10-9-24-20(3)25(37)11-12-33(24)17-34(27,33)14-13-31(28,32)7/h11-12,18,20-21,24,26-28,30,39H,2,9-10,13-17H2,1,3-8H3/t18-,20-,21-,24?,26-,27?,28-,30+,31+,32-,33+,34-/m0/s1. The Morgan fingerprint density at radius 2 is 1.78 bits per heavy atom. The molecule has 5 aliphatic carbocycles. The van der Waals surface area contributed by atoms with Crippen LogP contribution in [0, 0.1) is 57.2 Å². The zero-order valence-corrected chi connectivity index (χ0v) is 25.8. The summed E-state index contributed by atoms with van der Waals surface area (Å²) < 4.78 is 11.1. The maximum absolute atomic E-state index is 13.5. The van der Waals surface area contributed by atoms with Crippen LogP contribution in [0.1, 0.15) is 87.0 Å². The summed E-state index contributed by atoms with van der Waals surface area (Å²) >= 11 is 0. The van der Waals surface area contributed by atoms with Gasteiger partial charge in [-0.05, 0) is 89.6 Å². The highest BCUT2D eigenvalue weighted by Crippen LogP contribution is 2.87. The van der Waals surface area contributed by atoms with E-state index in [4.69, 9.17) is 9.47 Å². The topological polar surface area (TPSA) is 107 Å². The number of allylic oxidation sites excluding steroid dienone is 2. The minimum atomic E-state index is -1.31.